The highest BCUT2D eigenvalue weighted by atomic mass is 35.5. The molecule has 1 aromatic carbocycles. The van der Waals surface area contributed by atoms with Gasteiger partial charge in [-0.1, -0.05) is 42.6 Å². The second-order valence-electron chi connectivity index (χ2n) is 3.77. The van der Waals surface area contributed by atoms with Gasteiger partial charge in [-0.2, -0.15) is 0 Å². The summed E-state index contributed by atoms with van der Waals surface area (Å²) in [5.41, 5.74) is 0.861. The Labute approximate surface area is 112 Å². The van der Waals surface area contributed by atoms with Crippen molar-refractivity contribution in [1.29, 1.82) is 0 Å². The van der Waals surface area contributed by atoms with Crippen LogP contribution in [0.5, 0.6) is 0 Å². The normalized spacial score (nSPS) is 12.2. The molecule has 0 saturated heterocycles. The molecule has 0 N–H and O–H groups in total. The van der Waals surface area contributed by atoms with Crippen molar-refractivity contribution in [2.75, 3.05) is 6.61 Å². The molecule has 4 heteroatoms. The van der Waals surface area contributed by atoms with Crippen molar-refractivity contribution in [2.45, 2.75) is 32.6 Å². The molecule has 1 atom stereocenters. The van der Waals surface area contributed by atoms with E-state index in [0.717, 1.165) is 18.4 Å². The average Bonchev–Trinajstić information content (AvgIpc) is 2.30. The number of rotatable bonds is 5. The van der Waals surface area contributed by atoms with Crippen molar-refractivity contribution < 1.29 is 9.53 Å². The summed E-state index contributed by atoms with van der Waals surface area (Å²) < 4.78 is 5.07. The quantitative estimate of drug-likeness (QED) is 0.742. The molecule has 0 radical (unpaired) electrons. The molecule has 0 amide bonds. The molecule has 0 spiro atoms. The van der Waals surface area contributed by atoms with Crippen molar-refractivity contribution >= 4 is 29.2 Å². The summed E-state index contributed by atoms with van der Waals surface area (Å²) in [6, 6.07) is 5.27. The number of hydrogen-bond acceptors (Lipinski definition) is 2. The summed E-state index contributed by atoms with van der Waals surface area (Å²) in [5, 5.41) is 0.962. The standard InChI is InChI=1S/C13H16Cl2O2/c1-3-5-10(13(16)17-4-2)9-6-7-11(14)12(15)8-9/h6-8,10H,3-5H2,1-2H3. The number of ether oxygens (including phenoxy) is 1. The minimum Gasteiger partial charge on any atom is -0.466 e. The second kappa shape index (κ2) is 6.87. The molecule has 0 aromatic heterocycles. The van der Waals surface area contributed by atoms with E-state index in [2.05, 4.69) is 0 Å². The van der Waals surface area contributed by atoms with E-state index in [1.54, 1.807) is 19.1 Å². The zero-order valence-corrected chi connectivity index (χ0v) is 11.5. The molecule has 2 nitrogen and oxygen atoms in total. The lowest BCUT2D eigenvalue weighted by Crippen LogP contribution is -2.16. The van der Waals surface area contributed by atoms with Crippen LogP contribution in [0.15, 0.2) is 18.2 Å². The van der Waals surface area contributed by atoms with Gasteiger partial charge < -0.3 is 4.74 Å². The Balaban J connectivity index is 2.96. The molecule has 1 rings (SSSR count). The Morgan fingerprint density at radius 1 is 1.29 bits per heavy atom. The second-order valence-corrected chi connectivity index (χ2v) is 4.58. The van der Waals surface area contributed by atoms with Crippen LogP contribution >= 0.6 is 23.2 Å². The van der Waals surface area contributed by atoms with Gasteiger partial charge in [-0.05, 0) is 31.0 Å². The summed E-state index contributed by atoms with van der Waals surface area (Å²) in [4.78, 5) is 11.8. The summed E-state index contributed by atoms with van der Waals surface area (Å²) >= 11 is 11.8. The first-order chi connectivity index (χ1) is 8.10. The molecule has 17 heavy (non-hydrogen) atoms. The average molecular weight is 275 g/mol. The van der Waals surface area contributed by atoms with E-state index in [0.29, 0.717) is 16.7 Å². The van der Waals surface area contributed by atoms with Crippen molar-refractivity contribution in [3.63, 3.8) is 0 Å². The number of benzene rings is 1. The highest BCUT2D eigenvalue weighted by molar-refractivity contribution is 6.42. The summed E-state index contributed by atoms with van der Waals surface area (Å²) in [6.07, 6.45) is 1.65. The lowest BCUT2D eigenvalue weighted by Gasteiger charge is -2.15. The molecule has 0 bridgehead atoms. The molecule has 0 aliphatic heterocycles. The van der Waals surface area contributed by atoms with Gasteiger partial charge in [0.25, 0.3) is 0 Å². The summed E-state index contributed by atoms with van der Waals surface area (Å²) in [7, 11) is 0. The Hall–Kier alpha value is -0.730. The maximum Gasteiger partial charge on any atom is 0.313 e. The predicted octanol–water partition coefficient (Wildman–Crippen LogP) is 4.44. The lowest BCUT2D eigenvalue weighted by molar-refractivity contribution is -0.145. The molecule has 1 aromatic rings. The van der Waals surface area contributed by atoms with Gasteiger partial charge in [-0.25, -0.2) is 0 Å². The highest BCUT2D eigenvalue weighted by Crippen LogP contribution is 2.29. The van der Waals surface area contributed by atoms with Gasteiger partial charge in [0.2, 0.25) is 0 Å². The predicted molar refractivity (Wildman–Crippen MR) is 70.7 cm³/mol. The first kappa shape index (κ1) is 14.3. The SMILES string of the molecule is CCCC(C(=O)OCC)c1ccc(Cl)c(Cl)c1. The van der Waals surface area contributed by atoms with Gasteiger partial charge in [-0.3, -0.25) is 4.79 Å². The number of halogens is 2. The minimum absolute atomic E-state index is 0.201. The molecule has 0 aliphatic rings. The zero-order chi connectivity index (χ0) is 12.8. The number of carbonyl (C=O) groups excluding carboxylic acids is 1. The van der Waals surface area contributed by atoms with Crippen LogP contribution in [0.25, 0.3) is 0 Å². The van der Waals surface area contributed by atoms with Gasteiger partial charge in [0, 0.05) is 0 Å². The van der Waals surface area contributed by atoms with E-state index >= 15 is 0 Å². The lowest BCUT2D eigenvalue weighted by atomic mass is 9.95. The maximum absolute atomic E-state index is 11.8. The van der Waals surface area contributed by atoms with Gasteiger partial charge >= 0.3 is 5.97 Å². The third-order valence-electron chi connectivity index (χ3n) is 2.49. The molecule has 0 saturated carbocycles. The van der Waals surface area contributed by atoms with E-state index < -0.39 is 0 Å². The number of esters is 1. The van der Waals surface area contributed by atoms with Crippen molar-refractivity contribution in [3.8, 4) is 0 Å². The molecule has 0 fully saturated rings. The van der Waals surface area contributed by atoms with E-state index in [1.807, 2.05) is 13.0 Å². The van der Waals surface area contributed by atoms with E-state index in [4.69, 9.17) is 27.9 Å². The minimum atomic E-state index is -0.255. The summed E-state index contributed by atoms with van der Waals surface area (Å²) in [5.74, 6) is -0.456. The first-order valence-electron chi connectivity index (χ1n) is 5.71. The zero-order valence-electron chi connectivity index (χ0n) is 10.0. The van der Waals surface area contributed by atoms with Gasteiger partial charge in [0.1, 0.15) is 0 Å². The Morgan fingerprint density at radius 3 is 2.53 bits per heavy atom. The van der Waals surface area contributed by atoms with Gasteiger partial charge in [0.05, 0.1) is 22.6 Å². The fourth-order valence-corrected chi connectivity index (χ4v) is 1.99. The van der Waals surface area contributed by atoms with Crippen LogP contribution in [0, 0.1) is 0 Å². The van der Waals surface area contributed by atoms with Crippen molar-refractivity contribution in [2.24, 2.45) is 0 Å². The third-order valence-corrected chi connectivity index (χ3v) is 3.23. The Bertz CT molecular complexity index is 391. The van der Waals surface area contributed by atoms with Crippen LogP contribution in [-0.4, -0.2) is 12.6 Å². The molecule has 0 aliphatic carbocycles. The van der Waals surface area contributed by atoms with E-state index in [1.165, 1.54) is 0 Å². The summed E-state index contributed by atoms with van der Waals surface area (Å²) in [6.45, 7) is 4.22. The molecule has 94 valence electrons. The smallest absolute Gasteiger partial charge is 0.313 e. The fraction of sp³-hybridized carbons (Fsp3) is 0.462. The van der Waals surface area contributed by atoms with Crippen molar-refractivity contribution in [3.05, 3.63) is 33.8 Å². The van der Waals surface area contributed by atoms with E-state index in [9.17, 15) is 4.79 Å². The number of carbonyl (C=O) groups is 1. The fourth-order valence-electron chi connectivity index (χ4n) is 1.68. The van der Waals surface area contributed by atoms with Gasteiger partial charge in [0.15, 0.2) is 0 Å². The third kappa shape index (κ3) is 3.90. The van der Waals surface area contributed by atoms with Gasteiger partial charge in [-0.15, -0.1) is 0 Å². The van der Waals surface area contributed by atoms with Crippen LogP contribution < -0.4 is 0 Å². The highest BCUT2D eigenvalue weighted by Gasteiger charge is 2.21. The first-order valence-corrected chi connectivity index (χ1v) is 6.47. The van der Waals surface area contributed by atoms with Crippen LogP contribution in [0.3, 0.4) is 0 Å². The maximum atomic E-state index is 11.8. The van der Waals surface area contributed by atoms with Crippen molar-refractivity contribution in [1.82, 2.24) is 0 Å². The van der Waals surface area contributed by atoms with Crippen LogP contribution in [-0.2, 0) is 9.53 Å². The Morgan fingerprint density at radius 2 is 2.00 bits per heavy atom. The molecule has 0 heterocycles. The topological polar surface area (TPSA) is 26.3 Å². The molecular formula is C13H16Cl2O2. The van der Waals surface area contributed by atoms with Crippen LogP contribution in [0.1, 0.15) is 38.2 Å². The monoisotopic (exact) mass is 274 g/mol. The van der Waals surface area contributed by atoms with Crippen LogP contribution in [0.4, 0.5) is 0 Å². The Kier molecular flexibility index (Phi) is 5.79. The molecule has 1 unspecified atom stereocenters. The number of hydrogen-bond donors (Lipinski definition) is 0. The van der Waals surface area contributed by atoms with Crippen LogP contribution in [0.2, 0.25) is 10.0 Å². The molecular weight excluding hydrogens is 259 g/mol. The van der Waals surface area contributed by atoms with E-state index in [-0.39, 0.29) is 11.9 Å². The largest absolute Gasteiger partial charge is 0.466 e.